The Hall–Kier alpha value is -3.20. The largest absolute Gasteiger partial charge is 0.471 e. The summed E-state index contributed by atoms with van der Waals surface area (Å²) in [7, 11) is 0. The van der Waals surface area contributed by atoms with Crippen molar-refractivity contribution in [1.82, 2.24) is 24.5 Å². The minimum atomic E-state index is -2.96. The van der Waals surface area contributed by atoms with Gasteiger partial charge in [-0.1, -0.05) is 0 Å². The summed E-state index contributed by atoms with van der Waals surface area (Å²) in [5, 5.41) is 24.3. The average Bonchev–Trinajstić information content (AvgIpc) is 3.35. The second kappa shape index (κ2) is 10.4. The predicted molar refractivity (Wildman–Crippen MR) is 120 cm³/mol. The van der Waals surface area contributed by atoms with Crippen LogP contribution in [0.4, 0.5) is 14.7 Å². The van der Waals surface area contributed by atoms with Crippen LogP contribution in [0.5, 0.6) is 11.8 Å². The standard InChI is InChI=1S/C22H26F2N6O6/c1-11-16(31)17(32)20(35-11)30-18-15(29-22(30)28-13-4-6-33-7-5-13)19(27-10-26-18)34-9-12-2-3-14(25-8-12)36-21(23)24/h2-3,8,10-11,13,16-17,20-21,31-32H,4-7,9H2,1H3,(H,28,29)/t11-,16-,17-,20-/m1/s1. The van der Waals surface area contributed by atoms with Crippen LogP contribution < -0.4 is 14.8 Å². The number of imidazole rings is 1. The van der Waals surface area contributed by atoms with Crippen LogP contribution in [0.3, 0.4) is 0 Å². The number of anilines is 1. The lowest BCUT2D eigenvalue weighted by Gasteiger charge is -2.25. The fourth-order valence-corrected chi connectivity index (χ4v) is 4.21. The second-order valence-corrected chi connectivity index (χ2v) is 8.57. The van der Waals surface area contributed by atoms with E-state index in [-0.39, 0.29) is 24.4 Å². The number of hydrogen-bond donors (Lipinski definition) is 3. The Morgan fingerprint density at radius 1 is 1.17 bits per heavy atom. The minimum Gasteiger partial charge on any atom is -0.471 e. The van der Waals surface area contributed by atoms with Crippen LogP contribution >= 0.6 is 0 Å². The molecule has 2 aliphatic rings. The number of hydrogen-bond acceptors (Lipinski definition) is 11. The Balaban J connectivity index is 1.44. The maximum atomic E-state index is 12.3. The number of ether oxygens (including phenoxy) is 4. The number of aliphatic hydroxyl groups is 2. The molecule has 0 aromatic carbocycles. The van der Waals surface area contributed by atoms with Gasteiger partial charge in [0.05, 0.1) is 6.10 Å². The van der Waals surface area contributed by atoms with E-state index >= 15 is 0 Å². The number of nitrogens with zero attached hydrogens (tertiary/aromatic N) is 5. The van der Waals surface area contributed by atoms with Crippen molar-refractivity contribution in [2.45, 2.75) is 63.6 Å². The van der Waals surface area contributed by atoms with Crippen LogP contribution in [-0.4, -0.2) is 78.9 Å². The molecule has 0 saturated carbocycles. The number of nitrogens with one attached hydrogen (secondary N) is 1. The fraction of sp³-hybridized carbons (Fsp3) is 0.545. The van der Waals surface area contributed by atoms with Crippen LogP contribution in [0, 0.1) is 0 Å². The van der Waals surface area contributed by atoms with Gasteiger partial charge in [-0.2, -0.15) is 13.8 Å². The Kier molecular flexibility index (Phi) is 7.09. The molecule has 2 fully saturated rings. The van der Waals surface area contributed by atoms with E-state index in [9.17, 15) is 19.0 Å². The zero-order valence-corrected chi connectivity index (χ0v) is 19.3. The van der Waals surface area contributed by atoms with Crippen molar-refractivity contribution < 1.29 is 37.9 Å². The smallest absolute Gasteiger partial charge is 0.388 e. The number of fused-ring (bicyclic) bond motifs is 1. The number of halogens is 2. The molecule has 3 aromatic heterocycles. The maximum absolute atomic E-state index is 12.3. The number of aliphatic hydroxyl groups excluding tert-OH is 2. The van der Waals surface area contributed by atoms with Crippen molar-refractivity contribution in [1.29, 1.82) is 0 Å². The zero-order chi connectivity index (χ0) is 25.2. The van der Waals surface area contributed by atoms with Crippen LogP contribution in [0.15, 0.2) is 24.7 Å². The molecule has 5 heterocycles. The molecule has 3 N–H and O–H groups in total. The van der Waals surface area contributed by atoms with Gasteiger partial charge in [0.25, 0.3) is 0 Å². The molecular formula is C22H26F2N6O6. The molecule has 5 rings (SSSR count). The normalized spacial score (nSPS) is 24.9. The quantitative estimate of drug-likeness (QED) is 0.408. The molecule has 194 valence electrons. The molecule has 4 atom stereocenters. The van der Waals surface area contributed by atoms with Crippen LogP contribution in [0.1, 0.15) is 31.6 Å². The number of aromatic nitrogens is 5. The third kappa shape index (κ3) is 5.02. The minimum absolute atomic E-state index is 0.0297. The molecule has 0 spiro atoms. The molecule has 12 nitrogen and oxygen atoms in total. The van der Waals surface area contributed by atoms with Crippen molar-refractivity contribution in [3.8, 4) is 11.8 Å². The highest BCUT2D eigenvalue weighted by molar-refractivity contribution is 5.79. The molecule has 0 unspecified atom stereocenters. The topological polar surface area (TPSA) is 146 Å². The Morgan fingerprint density at radius 2 is 1.97 bits per heavy atom. The van der Waals surface area contributed by atoms with Crippen molar-refractivity contribution >= 4 is 17.1 Å². The molecule has 0 radical (unpaired) electrons. The van der Waals surface area contributed by atoms with E-state index in [2.05, 4.69) is 30.0 Å². The Morgan fingerprint density at radius 3 is 2.64 bits per heavy atom. The van der Waals surface area contributed by atoms with Gasteiger partial charge in [0.2, 0.25) is 17.7 Å². The summed E-state index contributed by atoms with van der Waals surface area (Å²) in [6, 6.07) is 2.94. The van der Waals surface area contributed by atoms with Gasteiger partial charge < -0.3 is 34.5 Å². The highest BCUT2D eigenvalue weighted by atomic mass is 19.3. The van der Waals surface area contributed by atoms with E-state index in [0.717, 1.165) is 12.8 Å². The van der Waals surface area contributed by atoms with Crippen molar-refractivity contribution in [2.75, 3.05) is 18.5 Å². The zero-order valence-electron chi connectivity index (χ0n) is 19.3. The van der Waals surface area contributed by atoms with Gasteiger partial charge in [-0.25, -0.2) is 15.0 Å². The second-order valence-electron chi connectivity index (χ2n) is 8.57. The lowest BCUT2D eigenvalue weighted by molar-refractivity contribution is -0.0528. The molecule has 3 aromatic rings. The van der Waals surface area contributed by atoms with Crippen molar-refractivity contribution in [3.05, 3.63) is 30.2 Å². The Bertz CT molecular complexity index is 1180. The third-order valence-corrected chi connectivity index (χ3v) is 6.11. The molecule has 14 heteroatoms. The molecule has 0 bridgehead atoms. The first kappa shape index (κ1) is 24.5. The summed E-state index contributed by atoms with van der Waals surface area (Å²) in [5.74, 6) is 0.359. The summed E-state index contributed by atoms with van der Waals surface area (Å²) in [6.07, 6.45) is 0.383. The summed E-state index contributed by atoms with van der Waals surface area (Å²) >= 11 is 0. The summed E-state index contributed by atoms with van der Waals surface area (Å²) in [6.45, 7) is -0.0335. The first-order chi connectivity index (χ1) is 17.4. The SMILES string of the molecule is C[C@H]1O[C@@H](n2c(NC3CCOCC3)nc3c(OCc4ccc(OC(F)F)nc4)ncnc32)[C@H](O)[C@@H]1O. The van der Waals surface area contributed by atoms with E-state index in [1.54, 1.807) is 17.6 Å². The summed E-state index contributed by atoms with van der Waals surface area (Å²) in [4.78, 5) is 17.0. The molecule has 0 amide bonds. The van der Waals surface area contributed by atoms with Crippen LogP contribution in [0.25, 0.3) is 11.2 Å². The molecule has 0 aliphatic carbocycles. The average molecular weight is 508 g/mol. The van der Waals surface area contributed by atoms with Gasteiger partial charge >= 0.3 is 6.61 Å². The molecule has 2 saturated heterocycles. The molecular weight excluding hydrogens is 482 g/mol. The van der Waals surface area contributed by atoms with Gasteiger partial charge in [-0.3, -0.25) is 4.57 Å². The van der Waals surface area contributed by atoms with E-state index in [1.807, 2.05) is 0 Å². The predicted octanol–water partition coefficient (Wildman–Crippen LogP) is 1.63. The van der Waals surface area contributed by atoms with Gasteiger partial charge in [0.15, 0.2) is 17.4 Å². The maximum Gasteiger partial charge on any atom is 0.388 e. The van der Waals surface area contributed by atoms with Crippen molar-refractivity contribution in [3.63, 3.8) is 0 Å². The Labute approximate surface area is 204 Å². The van der Waals surface area contributed by atoms with E-state index < -0.39 is 31.2 Å². The highest BCUT2D eigenvalue weighted by Gasteiger charge is 2.43. The lowest BCUT2D eigenvalue weighted by Crippen LogP contribution is -2.33. The van der Waals surface area contributed by atoms with Crippen LogP contribution in [0.2, 0.25) is 0 Å². The molecule has 2 aliphatic heterocycles. The number of rotatable bonds is 8. The van der Waals surface area contributed by atoms with Gasteiger partial charge in [0.1, 0.15) is 25.1 Å². The lowest BCUT2D eigenvalue weighted by atomic mass is 10.1. The van der Waals surface area contributed by atoms with Gasteiger partial charge in [-0.15, -0.1) is 0 Å². The summed E-state index contributed by atoms with van der Waals surface area (Å²) in [5.41, 5.74) is 1.26. The highest BCUT2D eigenvalue weighted by Crippen LogP contribution is 2.36. The van der Waals surface area contributed by atoms with E-state index in [0.29, 0.717) is 35.9 Å². The van der Waals surface area contributed by atoms with Gasteiger partial charge in [0, 0.05) is 37.1 Å². The fourth-order valence-electron chi connectivity index (χ4n) is 4.21. The van der Waals surface area contributed by atoms with Gasteiger partial charge in [-0.05, 0) is 25.8 Å². The third-order valence-electron chi connectivity index (χ3n) is 6.11. The van der Waals surface area contributed by atoms with E-state index in [1.165, 1.54) is 18.6 Å². The first-order valence-electron chi connectivity index (χ1n) is 11.5. The number of alkyl halides is 2. The van der Waals surface area contributed by atoms with E-state index in [4.69, 9.17) is 14.2 Å². The summed E-state index contributed by atoms with van der Waals surface area (Å²) < 4.78 is 47.7. The molecule has 36 heavy (non-hydrogen) atoms. The van der Waals surface area contributed by atoms with Crippen molar-refractivity contribution in [2.24, 2.45) is 0 Å². The number of pyridine rings is 1. The van der Waals surface area contributed by atoms with Crippen LogP contribution in [-0.2, 0) is 16.1 Å². The monoisotopic (exact) mass is 508 g/mol. The first-order valence-corrected chi connectivity index (χ1v) is 11.5.